The zero-order chi connectivity index (χ0) is 21.2. The second kappa shape index (κ2) is 9.31. The highest BCUT2D eigenvalue weighted by atomic mass is 16.3. The van der Waals surface area contributed by atoms with E-state index in [9.17, 15) is 9.90 Å². The Bertz CT molecular complexity index is 898. The number of amides is 1. The molecule has 2 saturated heterocycles. The van der Waals surface area contributed by atoms with Crippen LogP contribution in [0.4, 0.5) is 0 Å². The number of benzene rings is 1. The summed E-state index contributed by atoms with van der Waals surface area (Å²) in [5, 5.41) is 10.6. The number of nitrogens with one attached hydrogen (secondary N) is 1. The number of aliphatic hydroxyl groups excluding tert-OH is 1. The smallest absolute Gasteiger partial charge is 0.253 e. The van der Waals surface area contributed by atoms with Gasteiger partial charge in [-0.15, -0.1) is 0 Å². The van der Waals surface area contributed by atoms with Gasteiger partial charge in [0.15, 0.2) is 0 Å². The minimum absolute atomic E-state index is 0.109. The molecule has 3 aliphatic rings. The molecule has 2 N–H and O–H groups in total. The monoisotopic (exact) mass is 424 g/mol. The van der Waals surface area contributed by atoms with E-state index >= 15 is 0 Å². The number of carbonyl (C=O) groups excluding carboxylic acids is 1. The Kier molecular flexibility index (Phi) is 6.30. The molecule has 0 unspecified atom stereocenters. The number of likely N-dealkylation sites (tertiary alicyclic amines) is 1. The van der Waals surface area contributed by atoms with E-state index in [2.05, 4.69) is 27.0 Å². The average molecular weight is 425 g/mol. The first kappa shape index (κ1) is 21.0. The van der Waals surface area contributed by atoms with Crippen LogP contribution in [0, 0.1) is 5.92 Å². The summed E-state index contributed by atoms with van der Waals surface area (Å²) >= 11 is 0. The summed E-state index contributed by atoms with van der Waals surface area (Å²) in [6, 6.07) is 6.97. The van der Waals surface area contributed by atoms with Crippen LogP contribution in [-0.2, 0) is 6.54 Å². The first-order valence-corrected chi connectivity index (χ1v) is 12.2. The van der Waals surface area contributed by atoms with Gasteiger partial charge in [0.1, 0.15) is 0 Å². The molecule has 0 spiro atoms. The Morgan fingerprint density at radius 1 is 1.00 bits per heavy atom. The topological polar surface area (TPSA) is 62.8 Å². The highest BCUT2D eigenvalue weighted by Crippen LogP contribution is 2.27. The predicted octanol–water partition coefficient (Wildman–Crippen LogP) is 3.07. The van der Waals surface area contributed by atoms with Crippen molar-refractivity contribution in [3.63, 3.8) is 0 Å². The van der Waals surface area contributed by atoms with Crippen LogP contribution < -0.4 is 0 Å². The molecule has 1 saturated carbocycles. The summed E-state index contributed by atoms with van der Waals surface area (Å²) in [7, 11) is 0. The Morgan fingerprint density at radius 3 is 2.58 bits per heavy atom. The lowest BCUT2D eigenvalue weighted by Gasteiger charge is -2.36. The van der Waals surface area contributed by atoms with Crippen LogP contribution in [0.5, 0.6) is 0 Å². The summed E-state index contributed by atoms with van der Waals surface area (Å²) < 4.78 is 0. The molecule has 2 aliphatic heterocycles. The van der Waals surface area contributed by atoms with Crippen molar-refractivity contribution in [1.82, 2.24) is 19.7 Å². The SMILES string of the molecule is O=C(c1ccc2c(CN3CCCN(C4CCC4)CC3)c[nH]c2c1)N1CCC(CO)CC1. The molecule has 1 aromatic carbocycles. The van der Waals surface area contributed by atoms with Crippen LogP contribution in [0.3, 0.4) is 0 Å². The van der Waals surface area contributed by atoms with E-state index in [1.807, 2.05) is 17.0 Å². The van der Waals surface area contributed by atoms with Gasteiger partial charge in [-0.05, 0) is 68.8 Å². The molecule has 168 valence electrons. The zero-order valence-corrected chi connectivity index (χ0v) is 18.6. The van der Waals surface area contributed by atoms with E-state index in [0.717, 1.165) is 62.7 Å². The zero-order valence-electron chi connectivity index (χ0n) is 18.6. The molecule has 6 heteroatoms. The number of aliphatic hydroxyl groups is 1. The molecule has 0 atom stereocenters. The fraction of sp³-hybridized carbons (Fsp3) is 0.640. The van der Waals surface area contributed by atoms with E-state index in [0.29, 0.717) is 5.92 Å². The standard InChI is InChI=1S/C25H36N4O2/c30-18-19-7-11-29(12-8-19)25(31)20-5-6-23-21(16-26-24(23)15-20)17-27-9-2-10-28(14-13-27)22-3-1-4-22/h5-6,15-16,19,22,26,30H,1-4,7-14,17-18H2. The Balaban J connectivity index is 1.23. The number of aromatic amines is 1. The predicted molar refractivity (Wildman–Crippen MR) is 123 cm³/mol. The molecule has 3 heterocycles. The molecule has 0 radical (unpaired) electrons. The fourth-order valence-corrected chi connectivity index (χ4v) is 5.46. The number of fused-ring (bicyclic) bond motifs is 1. The first-order valence-electron chi connectivity index (χ1n) is 12.2. The van der Waals surface area contributed by atoms with Gasteiger partial charge in [-0.2, -0.15) is 0 Å². The van der Waals surface area contributed by atoms with E-state index in [1.165, 1.54) is 49.7 Å². The van der Waals surface area contributed by atoms with Crippen LogP contribution in [0.25, 0.3) is 10.9 Å². The molecule has 6 nitrogen and oxygen atoms in total. The lowest BCUT2D eigenvalue weighted by atomic mass is 9.91. The van der Waals surface area contributed by atoms with Crippen LogP contribution in [-0.4, -0.2) is 82.6 Å². The third kappa shape index (κ3) is 4.52. The summed E-state index contributed by atoms with van der Waals surface area (Å²) in [6.45, 7) is 7.43. The molecule has 5 rings (SSSR count). The maximum atomic E-state index is 13.0. The highest BCUT2D eigenvalue weighted by molar-refractivity contribution is 5.98. The molecular weight excluding hydrogens is 388 g/mol. The van der Waals surface area contributed by atoms with E-state index in [4.69, 9.17) is 0 Å². The number of aromatic nitrogens is 1. The van der Waals surface area contributed by atoms with Crippen molar-refractivity contribution in [3.8, 4) is 0 Å². The number of nitrogens with zero attached hydrogens (tertiary/aromatic N) is 3. The normalized spacial score (nSPS) is 22.5. The van der Waals surface area contributed by atoms with Crippen LogP contribution >= 0.6 is 0 Å². The molecule has 3 fully saturated rings. The Labute approximate surface area is 185 Å². The van der Waals surface area contributed by atoms with Gasteiger partial charge in [0, 0.05) is 68.0 Å². The summed E-state index contributed by atoms with van der Waals surface area (Å²) in [4.78, 5) is 23.6. The molecule has 1 amide bonds. The number of hydrogen-bond acceptors (Lipinski definition) is 4. The maximum Gasteiger partial charge on any atom is 0.253 e. The maximum absolute atomic E-state index is 13.0. The van der Waals surface area contributed by atoms with Gasteiger partial charge in [-0.25, -0.2) is 0 Å². The average Bonchev–Trinajstić information content (AvgIpc) is 3.02. The van der Waals surface area contributed by atoms with Gasteiger partial charge in [0.05, 0.1) is 0 Å². The number of carbonyl (C=O) groups is 1. The lowest BCUT2D eigenvalue weighted by Crippen LogP contribution is -2.42. The number of piperidine rings is 1. The first-order chi connectivity index (χ1) is 15.2. The Hall–Kier alpha value is -1.89. The molecular formula is C25H36N4O2. The number of rotatable bonds is 5. The van der Waals surface area contributed by atoms with Gasteiger partial charge in [-0.3, -0.25) is 14.6 Å². The highest BCUT2D eigenvalue weighted by Gasteiger charge is 2.27. The number of hydrogen-bond donors (Lipinski definition) is 2. The largest absolute Gasteiger partial charge is 0.396 e. The molecule has 31 heavy (non-hydrogen) atoms. The van der Waals surface area contributed by atoms with E-state index < -0.39 is 0 Å². The van der Waals surface area contributed by atoms with E-state index in [-0.39, 0.29) is 12.5 Å². The third-order valence-electron chi connectivity index (χ3n) is 7.78. The van der Waals surface area contributed by atoms with Gasteiger partial charge in [-0.1, -0.05) is 12.5 Å². The van der Waals surface area contributed by atoms with Gasteiger partial charge >= 0.3 is 0 Å². The van der Waals surface area contributed by atoms with Crippen molar-refractivity contribution in [2.45, 2.75) is 51.1 Å². The van der Waals surface area contributed by atoms with Crippen LogP contribution in [0.1, 0.15) is 54.4 Å². The third-order valence-corrected chi connectivity index (χ3v) is 7.78. The van der Waals surface area contributed by atoms with Crippen LogP contribution in [0.2, 0.25) is 0 Å². The van der Waals surface area contributed by atoms with E-state index in [1.54, 1.807) is 0 Å². The van der Waals surface area contributed by atoms with Crippen LogP contribution in [0.15, 0.2) is 24.4 Å². The molecule has 2 aromatic rings. The molecule has 0 bridgehead atoms. The quantitative estimate of drug-likeness (QED) is 0.774. The second-order valence-electron chi connectivity index (χ2n) is 9.74. The van der Waals surface area contributed by atoms with Gasteiger partial charge < -0.3 is 15.0 Å². The summed E-state index contributed by atoms with van der Waals surface area (Å²) in [6.07, 6.45) is 9.36. The van der Waals surface area contributed by atoms with Crippen molar-refractivity contribution in [3.05, 3.63) is 35.5 Å². The molecule has 1 aromatic heterocycles. The lowest BCUT2D eigenvalue weighted by molar-refractivity contribution is 0.0651. The van der Waals surface area contributed by atoms with Crippen molar-refractivity contribution in [2.75, 3.05) is 45.9 Å². The van der Waals surface area contributed by atoms with Gasteiger partial charge in [0.25, 0.3) is 5.91 Å². The van der Waals surface area contributed by atoms with Crippen molar-refractivity contribution in [2.24, 2.45) is 5.92 Å². The van der Waals surface area contributed by atoms with Crippen molar-refractivity contribution in [1.29, 1.82) is 0 Å². The van der Waals surface area contributed by atoms with Crippen molar-refractivity contribution < 1.29 is 9.90 Å². The minimum atomic E-state index is 0.109. The fourth-order valence-electron chi connectivity index (χ4n) is 5.46. The van der Waals surface area contributed by atoms with Crippen molar-refractivity contribution >= 4 is 16.8 Å². The number of H-pyrrole nitrogens is 1. The molecule has 1 aliphatic carbocycles. The summed E-state index contributed by atoms with van der Waals surface area (Å²) in [5.41, 5.74) is 3.14. The summed E-state index contributed by atoms with van der Waals surface area (Å²) in [5.74, 6) is 0.454. The minimum Gasteiger partial charge on any atom is -0.396 e. The Morgan fingerprint density at radius 2 is 1.84 bits per heavy atom. The second-order valence-corrected chi connectivity index (χ2v) is 9.74. The van der Waals surface area contributed by atoms with Gasteiger partial charge in [0.2, 0.25) is 0 Å².